The summed E-state index contributed by atoms with van der Waals surface area (Å²) in [4.78, 5) is 13.9. The Morgan fingerprint density at radius 2 is 2.13 bits per heavy atom. The van der Waals surface area contributed by atoms with E-state index >= 15 is 0 Å². The molecule has 1 amide bonds. The fourth-order valence-electron chi connectivity index (χ4n) is 1.73. The minimum atomic E-state index is -0.397. The Labute approximate surface area is 96.8 Å². The molecule has 3 nitrogen and oxygen atoms in total. The minimum absolute atomic E-state index is 0.187. The maximum Gasteiger partial charge on any atom is 0.224 e. The fraction of sp³-hybridized carbons (Fsp3) is 0.909. The molecule has 0 spiro atoms. The number of amides is 1. The molecule has 1 aliphatic rings. The Hall–Kier alpha value is -0.220. The quantitative estimate of drug-likeness (QED) is 0.781. The average Bonchev–Trinajstić information content (AvgIpc) is 1.99. The van der Waals surface area contributed by atoms with E-state index in [-0.39, 0.29) is 10.7 Å². The molecule has 0 aromatic rings. The monoisotopic (exact) mass is 230 g/mol. The molecular formula is C11H22N2OS. The number of carbonyl (C=O) groups excluding carboxylic acids is 1. The number of nitrogens with two attached hydrogens (primary N) is 1. The van der Waals surface area contributed by atoms with Crippen LogP contribution in [0.4, 0.5) is 0 Å². The molecule has 0 saturated carbocycles. The van der Waals surface area contributed by atoms with Crippen LogP contribution in [0.25, 0.3) is 0 Å². The third-order valence-corrected chi connectivity index (χ3v) is 3.68. The maximum atomic E-state index is 11.9. The maximum absolute atomic E-state index is 11.9. The van der Waals surface area contributed by atoms with Crippen molar-refractivity contribution in [3.05, 3.63) is 0 Å². The standard InChI is InChI=1S/C11H22N2OS/c1-10(2,12)7-9(14)13-5-6-15-11(3,4)8-13/h5-8,12H2,1-4H3. The highest BCUT2D eigenvalue weighted by Crippen LogP contribution is 2.29. The van der Waals surface area contributed by atoms with Crippen LogP contribution in [0.1, 0.15) is 34.1 Å². The van der Waals surface area contributed by atoms with Crippen LogP contribution in [0, 0.1) is 0 Å². The summed E-state index contributed by atoms with van der Waals surface area (Å²) in [6, 6.07) is 0. The van der Waals surface area contributed by atoms with Gasteiger partial charge in [0, 0.05) is 35.5 Å². The summed E-state index contributed by atoms with van der Waals surface area (Å²) in [5.41, 5.74) is 5.46. The summed E-state index contributed by atoms with van der Waals surface area (Å²) in [6.45, 7) is 9.87. The summed E-state index contributed by atoms with van der Waals surface area (Å²) in [5.74, 6) is 1.22. The SMILES string of the molecule is CC(C)(N)CC(=O)N1CCSC(C)(C)C1. The first-order chi connectivity index (χ1) is 6.70. The van der Waals surface area contributed by atoms with E-state index in [1.165, 1.54) is 0 Å². The molecule has 0 aromatic heterocycles. The van der Waals surface area contributed by atoms with E-state index in [0.29, 0.717) is 6.42 Å². The van der Waals surface area contributed by atoms with E-state index in [0.717, 1.165) is 18.8 Å². The number of rotatable bonds is 2. The smallest absolute Gasteiger partial charge is 0.224 e. The van der Waals surface area contributed by atoms with E-state index in [1.54, 1.807) is 0 Å². The average molecular weight is 230 g/mol. The number of hydrogen-bond donors (Lipinski definition) is 1. The normalized spacial score (nSPS) is 21.5. The lowest BCUT2D eigenvalue weighted by atomic mass is 10.0. The summed E-state index contributed by atoms with van der Waals surface area (Å²) >= 11 is 1.93. The lowest BCUT2D eigenvalue weighted by Crippen LogP contribution is -2.49. The zero-order valence-corrected chi connectivity index (χ0v) is 11.0. The summed E-state index contributed by atoms with van der Waals surface area (Å²) in [6.07, 6.45) is 0.438. The summed E-state index contributed by atoms with van der Waals surface area (Å²) in [5, 5.41) is 0. The van der Waals surface area contributed by atoms with E-state index in [9.17, 15) is 4.79 Å². The molecule has 1 fully saturated rings. The van der Waals surface area contributed by atoms with Crippen LogP contribution in [-0.2, 0) is 4.79 Å². The summed E-state index contributed by atoms with van der Waals surface area (Å²) in [7, 11) is 0. The van der Waals surface area contributed by atoms with Gasteiger partial charge in [-0.1, -0.05) is 0 Å². The molecule has 1 aliphatic heterocycles. The Morgan fingerprint density at radius 1 is 1.53 bits per heavy atom. The zero-order chi connectivity index (χ0) is 11.7. The van der Waals surface area contributed by atoms with Crippen molar-refractivity contribution >= 4 is 17.7 Å². The van der Waals surface area contributed by atoms with Crippen molar-refractivity contribution in [2.75, 3.05) is 18.8 Å². The van der Waals surface area contributed by atoms with Crippen molar-refractivity contribution in [2.24, 2.45) is 5.73 Å². The molecule has 1 heterocycles. The Morgan fingerprint density at radius 3 is 2.60 bits per heavy atom. The van der Waals surface area contributed by atoms with E-state index < -0.39 is 5.54 Å². The third kappa shape index (κ3) is 4.43. The number of nitrogens with zero attached hydrogens (tertiary/aromatic N) is 1. The van der Waals surface area contributed by atoms with Gasteiger partial charge in [-0.2, -0.15) is 11.8 Å². The highest BCUT2D eigenvalue weighted by Gasteiger charge is 2.31. The van der Waals surface area contributed by atoms with Crippen molar-refractivity contribution in [3.8, 4) is 0 Å². The van der Waals surface area contributed by atoms with Gasteiger partial charge in [-0.15, -0.1) is 0 Å². The molecule has 0 radical (unpaired) electrons. The highest BCUT2D eigenvalue weighted by atomic mass is 32.2. The van der Waals surface area contributed by atoms with Gasteiger partial charge in [0.05, 0.1) is 0 Å². The molecular weight excluding hydrogens is 208 g/mol. The van der Waals surface area contributed by atoms with Gasteiger partial charge in [-0.3, -0.25) is 4.79 Å². The number of thioether (sulfide) groups is 1. The van der Waals surface area contributed by atoms with Gasteiger partial charge in [0.15, 0.2) is 0 Å². The lowest BCUT2D eigenvalue weighted by Gasteiger charge is -2.38. The lowest BCUT2D eigenvalue weighted by molar-refractivity contribution is -0.132. The molecule has 4 heteroatoms. The molecule has 0 aliphatic carbocycles. The second kappa shape index (κ2) is 4.34. The van der Waals surface area contributed by atoms with Crippen molar-refractivity contribution in [1.82, 2.24) is 4.90 Å². The van der Waals surface area contributed by atoms with Crippen molar-refractivity contribution in [1.29, 1.82) is 0 Å². The van der Waals surface area contributed by atoms with Crippen LogP contribution in [0.5, 0.6) is 0 Å². The Bertz CT molecular complexity index is 245. The van der Waals surface area contributed by atoms with Crippen LogP contribution < -0.4 is 5.73 Å². The molecule has 1 saturated heterocycles. The van der Waals surface area contributed by atoms with Crippen LogP contribution in [0.2, 0.25) is 0 Å². The van der Waals surface area contributed by atoms with Gasteiger partial charge in [-0.05, 0) is 27.7 Å². The minimum Gasteiger partial charge on any atom is -0.340 e. The molecule has 88 valence electrons. The van der Waals surface area contributed by atoms with Crippen molar-refractivity contribution in [2.45, 2.75) is 44.4 Å². The predicted octanol–water partition coefficient (Wildman–Crippen LogP) is 1.47. The molecule has 0 aromatic carbocycles. The first-order valence-electron chi connectivity index (χ1n) is 5.40. The first kappa shape index (κ1) is 12.8. The van der Waals surface area contributed by atoms with Gasteiger partial charge in [0.25, 0.3) is 0 Å². The van der Waals surface area contributed by atoms with Gasteiger partial charge < -0.3 is 10.6 Å². The topological polar surface area (TPSA) is 46.3 Å². The second-order valence-electron chi connectivity index (χ2n) is 5.59. The molecule has 0 atom stereocenters. The van der Waals surface area contributed by atoms with E-state index in [4.69, 9.17) is 5.73 Å². The molecule has 2 N–H and O–H groups in total. The largest absolute Gasteiger partial charge is 0.340 e. The van der Waals surface area contributed by atoms with Gasteiger partial charge in [0.2, 0.25) is 5.91 Å². The van der Waals surface area contributed by atoms with Gasteiger partial charge in [-0.25, -0.2) is 0 Å². The van der Waals surface area contributed by atoms with Crippen LogP contribution in [-0.4, -0.2) is 39.9 Å². The first-order valence-corrected chi connectivity index (χ1v) is 6.39. The summed E-state index contributed by atoms with van der Waals surface area (Å²) < 4.78 is 0.187. The van der Waals surface area contributed by atoms with Crippen LogP contribution in [0.3, 0.4) is 0 Å². The van der Waals surface area contributed by atoms with Gasteiger partial charge >= 0.3 is 0 Å². The molecule has 0 bridgehead atoms. The number of hydrogen-bond acceptors (Lipinski definition) is 3. The fourth-order valence-corrected chi connectivity index (χ4v) is 2.84. The van der Waals surface area contributed by atoms with Crippen LogP contribution in [0.15, 0.2) is 0 Å². The van der Waals surface area contributed by atoms with Crippen molar-refractivity contribution < 1.29 is 4.79 Å². The van der Waals surface area contributed by atoms with E-state index in [2.05, 4.69) is 13.8 Å². The molecule has 15 heavy (non-hydrogen) atoms. The van der Waals surface area contributed by atoms with E-state index in [1.807, 2.05) is 30.5 Å². The third-order valence-electron chi connectivity index (χ3n) is 2.39. The zero-order valence-electron chi connectivity index (χ0n) is 10.2. The van der Waals surface area contributed by atoms with Crippen LogP contribution >= 0.6 is 11.8 Å². The molecule has 1 rings (SSSR count). The Balaban J connectivity index is 2.53. The Kier molecular flexibility index (Phi) is 3.71. The predicted molar refractivity (Wildman–Crippen MR) is 66.0 cm³/mol. The molecule has 0 unspecified atom stereocenters. The number of carbonyl (C=O) groups is 1. The van der Waals surface area contributed by atoms with Gasteiger partial charge in [0.1, 0.15) is 0 Å². The highest BCUT2D eigenvalue weighted by molar-refractivity contribution is 8.00. The second-order valence-corrected chi connectivity index (χ2v) is 7.39. The van der Waals surface area contributed by atoms with Crippen molar-refractivity contribution in [3.63, 3.8) is 0 Å².